The van der Waals surface area contributed by atoms with Crippen molar-refractivity contribution >= 4 is 33.7 Å². The van der Waals surface area contributed by atoms with Crippen LogP contribution in [0.4, 0.5) is 0 Å². The van der Waals surface area contributed by atoms with Crippen molar-refractivity contribution in [3.05, 3.63) is 72.1 Å². The first-order valence-electron chi connectivity index (χ1n) is 8.70. The van der Waals surface area contributed by atoms with Gasteiger partial charge < -0.3 is 19.4 Å². The third kappa shape index (κ3) is 3.69. The zero-order chi connectivity index (χ0) is 18.6. The number of H-pyrrole nitrogens is 2. The van der Waals surface area contributed by atoms with Crippen molar-refractivity contribution in [2.24, 2.45) is 0 Å². The Labute approximate surface area is 155 Å². The highest BCUT2D eigenvalue weighted by molar-refractivity contribution is 5.95. The first kappa shape index (κ1) is 16.9. The fourth-order valence-corrected chi connectivity index (χ4v) is 2.91. The topological polar surface area (TPSA) is 84.2 Å². The van der Waals surface area contributed by atoms with E-state index >= 15 is 0 Å². The van der Waals surface area contributed by atoms with E-state index in [9.17, 15) is 9.59 Å². The van der Waals surface area contributed by atoms with E-state index in [0.717, 1.165) is 21.8 Å². The summed E-state index contributed by atoms with van der Waals surface area (Å²) < 4.78 is 10.4. The van der Waals surface area contributed by atoms with Crippen molar-refractivity contribution in [1.82, 2.24) is 9.97 Å². The number of aromatic amines is 2. The molecule has 6 nitrogen and oxygen atoms in total. The third-order valence-electron chi connectivity index (χ3n) is 4.25. The van der Waals surface area contributed by atoms with Crippen LogP contribution in [0.25, 0.3) is 21.8 Å². The summed E-state index contributed by atoms with van der Waals surface area (Å²) >= 11 is 0. The minimum absolute atomic E-state index is 0.175. The predicted octanol–water partition coefficient (Wildman–Crippen LogP) is 4.05. The van der Waals surface area contributed by atoms with Gasteiger partial charge in [-0.25, -0.2) is 9.59 Å². The Balaban J connectivity index is 1.24. The molecule has 0 atom stereocenters. The van der Waals surface area contributed by atoms with Crippen LogP contribution in [-0.2, 0) is 9.47 Å². The molecule has 0 saturated carbocycles. The van der Waals surface area contributed by atoms with Crippen LogP contribution in [0.5, 0.6) is 0 Å². The molecule has 2 aromatic heterocycles. The van der Waals surface area contributed by atoms with E-state index in [1.54, 1.807) is 12.1 Å². The van der Waals surface area contributed by atoms with Crippen LogP contribution < -0.4 is 0 Å². The molecule has 0 amide bonds. The van der Waals surface area contributed by atoms with Crippen LogP contribution in [0.1, 0.15) is 27.4 Å². The summed E-state index contributed by atoms with van der Waals surface area (Å²) in [5, 5.41) is 1.91. The van der Waals surface area contributed by atoms with Crippen molar-refractivity contribution in [3.63, 3.8) is 0 Å². The normalized spacial score (nSPS) is 11.0. The number of esters is 2. The lowest BCUT2D eigenvalue weighted by atomic mass is 10.2. The molecule has 27 heavy (non-hydrogen) atoms. The monoisotopic (exact) mass is 362 g/mol. The van der Waals surface area contributed by atoms with E-state index in [1.165, 1.54) is 0 Å². The lowest BCUT2D eigenvalue weighted by Gasteiger charge is -2.05. The van der Waals surface area contributed by atoms with Gasteiger partial charge >= 0.3 is 11.9 Å². The number of carbonyl (C=O) groups is 2. The molecular formula is C21H18N2O4. The summed E-state index contributed by atoms with van der Waals surface area (Å²) in [7, 11) is 0. The van der Waals surface area contributed by atoms with Crippen molar-refractivity contribution < 1.29 is 19.1 Å². The smallest absolute Gasteiger partial charge is 0.354 e. The number of para-hydroxylation sites is 2. The summed E-state index contributed by atoms with van der Waals surface area (Å²) in [4.78, 5) is 30.2. The molecule has 0 spiro atoms. The van der Waals surface area contributed by atoms with E-state index in [1.807, 2.05) is 48.5 Å². The summed E-state index contributed by atoms with van der Waals surface area (Å²) in [6.07, 6.45) is 0.429. The first-order chi connectivity index (χ1) is 13.2. The summed E-state index contributed by atoms with van der Waals surface area (Å²) in [5.74, 6) is -0.846. The zero-order valence-electron chi connectivity index (χ0n) is 14.5. The maximum absolute atomic E-state index is 12.1. The van der Waals surface area contributed by atoms with Crippen LogP contribution in [0, 0.1) is 0 Å². The van der Waals surface area contributed by atoms with Crippen molar-refractivity contribution in [2.75, 3.05) is 13.2 Å². The second-order valence-corrected chi connectivity index (χ2v) is 6.17. The Hall–Kier alpha value is -3.54. The summed E-state index contributed by atoms with van der Waals surface area (Å²) in [6, 6.07) is 18.8. The van der Waals surface area contributed by atoms with Crippen LogP contribution >= 0.6 is 0 Å². The molecule has 6 heteroatoms. The molecule has 0 aliphatic carbocycles. The molecular weight excluding hydrogens is 344 g/mol. The molecule has 0 fully saturated rings. The molecule has 4 aromatic rings. The number of hydrogen-bond acceptors (Lipinski definition) is 4. The summed E-state index contributed by atoms with van der Waals surface area (Å²) in [5.41, 5.74) is 2.59. The van der Waals surface area contributed by atoms with Gasteiger partial charge in [0.25, 0.3) is 0 Å². The van der Waals surface area contributed by atoms with Gasteiger partial charge in [-0.1, -0.05) is 36.4 Å². The molecule has 2 heterocycles. The molecule has 2 aromatic carbocycles. The number of ether oxygens (including phenoxy) is 2. The summed E-state index contributed by atoms with van der Waals surface area (Å²) in [6.45, 7) is 0.350. The lowest BCUT2D eigenvalue weighted by molar-refractivity contribution is 0.0390. The molecule has 0 radical (unpaired) electrons. The largest absolute Gasteiger partial charge is 0.461 e. The SMILES string of the molecule is O=C(OCCCOC(=O)c1cc2ccccc2[nH]1)c1cc2ccccc2[nH]1. The number of aromatic nitrogens is 2. The molecule has 0 aliphatic rings. The fraction of sp³-hybridized carbons (Fsp3) is 0.143. The van der Waals surface area contributed by atoms with Gasteiger partial charge in [0.2, 0.25) is 0 Å². The van der Waals surface area contributed by atoms with Gasteiger partial charge in [0.15, 0.2) is 0 Å². The van der Waals surface area contributed by atoms with Crippen LogP contribution in [-0.4, -0.2) is 35.1 Å². The molecule has 136 valence electrons. The Morgan fingerprint density at radius 1 is 0.704 bits per heavy atom. The third-order valence-corrected chi connectivity index (χ3v) is 4.25. The van der Waals surface area contributed by atoms with E-state index < -0.39 is 11.9 Å². The number of benzene rings is 2. The molecule has 2 N–H and O–H groups in total. The number of carbonyl (C=O) groups excluding carboxylic acids is 2. The minimum atomic E-state index is -0.423. The molecule has 0 bridgehead atoms. The van der Waals surface area contributed by atoms with Crippen molar-refractivity contribution in [1.29, 1.82) is 0 Å². The maximum Gasteiger partial charge on any atom is 0.354 e. The van der Waals surface area contributed by atoms with Gasteiger partial charge in [0.1, 0.15) is 11.4 Å². The van der Waals surface area contributed by atoms with Crippen molar-refractivity contribution in [3.8, 4) is 0 Å². The Morgan fingerprint density at radius 3 is 1.59 bits per heavy atom. The van der Waals surface area contributed by atoms with Crippen molar-refractivity contribution in [2.45, 2.75) is 6.42 Å². The highest BCUT2D eigenvalue weighted by Gasteiger charge is 2.12. The van der Waals surface area contributed by atoms with E-state index in [4.69, 9.17) is 9.47 Å². The Bertz CT molecular complexity index is 955. The molecule has 0 saturated heterocycles. The lowest BCUT2D eigenvalue weighted by Crippen LogP contribution is -2.11. The number of nitrogens with one attached hydrogen (secondary N) is 2. The second-order valence-electron chi connectivity index (χ2n) is 6.17. The second kappa shape index (κ2) is 7.37. The number of hydrogen-bond donors (Lipinski definition) is 2. The van der Waals surface area contributed by atoms with Gasteiger partial charge in [0, 0.05) is 28.2 Å². The number of rotatable bonds is 6. The highest BCUT2D eigenvalue weighted by Crippen LogP contribution is 2.16. The maximum atomic E-state index is 12.1. The van der Waals surface area contributed by atoms with Gasteiger partial charge in [0.05, 0.1) is 13.2 Å². The molecule has 0 aliphatic heterocycles. The minimum Gasteiger partial charge on any atom is -0.461 e. The molecule has 0 unspecified atom stereocenters. The van der Waals surface area contributed by atoms with Crippen LogP contribution in [0.2, 0.25) is 0 Å². The van der Waals surface area contributed by atoms with E-state index in [-0.39, 0.29) is 13.2 Å². The van der Waals surface area contributed by atoms with E-state index in [0.29, 0.717) is 17.8 Å². The van der Waals surface area contributed by atoms with Crippen LogP contribution in [0.15, 0.2) is 60.7 Å². The van der Waals surface area contributed by atoms with Gasteiger partial charge in [-0.05, 0) is 24.3 Å². The standard InChI is InChI=1S/C21H18N2O4/c24-20(18-12-14-6-1-3-8-16(14)22-18)26-10-5-11-27-21(25)19-13-15-7-2-4-9-17(15)23-19/h1-4,6-9,12-13,22-23H,5,10-11H2. The Kier molecular flexibility index (Phi) is 4.61. The average molecular weight is 362 g/mol. The van der Waals surface area contributed by atoms with Gasteiger partial charge in [-0.15, -0.1) is 0 Å². The van der Waals surface area contributed by atoms with E-state index in [2.05, 4.69) is 9.97 Å². The quantitative estimate of drug-likeness (QED) is 0.400. The van der Waals surface area contributed by atoms with Crippen LogP contribution in [0.3, 0.4) is 0 Å². The Morgan fingerprint density at radius 2 is 1.15 bits per heavy atom. The molecule has 4 rings (SSSR count). The number of fused-ring (bicyclic) bond motifs is 2. The predicted molar refractivity (Wildman–Crippen MR) is 102 cm³/mol. The highest BCUT2D eigenvalue weighted by atomic mass is 16.5. The zero-order valence-corrected chi connectivity index (χ0v) is 14.5. The fourth-order valence-electron chi connectivity index (χ4n) is 2.91. The average Bonchev–Trinajstić information content (AvgIpc) is 3.31. The van der Waals surface area contributed by atoms with Gasteiger partial charge in [-0.2, -0.15) is 0 Å². The van der Waals surface area contributed by atoms with Gasteiger partial charge in [-0.3, -0.25) is 0 Å². The first-order valence-corrected chi connectivity index (χ1v) is 8.70.